The third kappa shape index (κ3) is 3.35. The summed E-state index contributed by atoms with van der Waals surface area (Å²) in [6, 6.07) is 4.47. The number of benzene rings is 1. The first-order chi connectivity index (χ1) is 8.97. The van der Waals surface area contributed by atoms with Crippen LogP contribution in [0.1, 0.15) is 35.1 Å². The van der Waals surface area contributed by atoms with E-state index in [0.717, 1.165) is 25.9 Å². The van der Waals surface area contributed by atoms with E-state index in [9.17, 15) is 4.79 Å². The average Bonchev–Trinajstić information content (AvgIpc) is 2.36. The fourth-order valence-corrected chi connectivity index (χ4v) is 2.83. The summed E-state index contributed by atoms with van der Waals surface area (Å²) >= 11 is 0. The number of rotatable bonds is 3. The van der Waals surface area contributed by atoms with Crippen LogP contribution in [-0.2, 0) is 11.3 Å². The minimum atomic E-state index is -0.651. The van der Waals surface area contributed by atoms with Crippen LogP contribution in [0.15, 0.2) is 12.1 Å². The first-order valence-electron chi connectivity index (χ1n) is 6.99. The van der Waals surface area contributed by atoms with Crippen LogP contribution >= 0.6 is 0 Å². The zero-order valence-corrected chi connectivity index (χ0v) is 12.1. The molecule has 1 aliphatic heterocycles. The van der Waals surface area contributed by atoms with E-state index in [1.54, 1.807) is 0 Å². The summed E-state index contributed by atoms with van der Waals surface area (Å²) in [6.45, 7) is 8.97. The van der Waals surface area contributed by atoms with Crippen LogP contribution in [0.3, 0.4) is 0 Å². The number of aryl methyl sites for hydroxylation is 3. The average molecular weight is 261 g/mol. The number of likely N-dealkylation sites (tertiary alicyclic amines) is 1. The second kappa shape index (κ2) is 5.74. The number of carboxylic acids is 1. The number of piperidine rings is 1. The van der Waals surface area contributed by atoms with Crippen molar-refractivity contribution < 1.29 is 9.90 Å². The minimum Gasteiger partial charge on any atom is -0.481 e. The fourth-order valence-electron chi connectivity index (χ4n) is 2.83. The van der Waals surface area contributed by atoms with Crippen molar-refractivity contribution in [3.05, 3.63) is 34.4 Å². The van der Waals surface area contributed by atoms with Gasteiger partial charge in [-0.1, -0.05) is 12.1 Å². The predicted molar refractivity (Wildman–Crippen MR) is 76.3 cm³/mol. The molecular formula is C16H23NO2. The third-order valence-electron chi connectivity index (χ3n) is 4.20. The zero-order chi connectivity index (χ0) is 14.0. The van der Waals surface area contributed by atoms with Gasteiger partial charge in [0.15, 0.2) is 0 Å². The van der Waals surface area contributed by atoms with Crippen molar-refractivity contribution in [3.63, 3.8) is 0 Å². The predicted octanol–water partition coefficient (Wildman–Crippen LogP) is 2.91. The Morgan fingerprint density at radius 3 is 2.63 bits per heavy atom. The molecule has 1 N–H and O–H groups in total. The highest BCUT2D eigenvalue weighted by atomic mass is 16.4. The van der Waals surface area contributed by atoms with E-state index in [4.69, 9.17) is 5.11 Å². The molecule has 0 saturated carbocycles. The molecule has 0 spiro atoms. The first-order valence-corrected chi connectivity index (χ1v) is 6.99. The molecule has 1 aromatic rings. The van der Waals surface area contributed by atoms with Gasteiger partial charge in [0.2, 0.25) is 0 Å². The Morgan fingerprint density at radius 1 is 1.26 bits per heavy atom. The number of carboxylic acid groups (broad SMARTS) is 1. The van der Waals surface area contributed by atoms with E-state index in [-0.39, 0.29) is 5.92 Å². The van der Waals surface area contributed by atoms with Crippen molar-refractivity contribution in [2.24, 2.45) is 5.92 Å². The number of aliphatic carboxylic acids is 1. The Labute approximate surface area is 115 Å². The maximum atomic E-state index is 11.1. The minimum absolute atomic E-state index is 0.194. The van der Waals surface area contributed by atoms with Gasteiger partial charge in [-0.2, -0.15) is 0 Å². The molecule has 1 saturated heterocycles. The molecule has 0 bridgehead atoms. The summed E-state index contributed by atoms with van der Waals surface area (Å²) in [5, 5.41) is 9.13. The van der Waals surface area contributed by atoms with Gasteiger partial charge in [0.05, 0.1) is 5.92 Å². The largest absolute Gasteiger partial charge is 0.481 e. The van der Waals surface area contributed by atoms with Crippen molar-refractivity contribution in [1.82, 2.24) is 4.90 Å². The number of carbonyl (C=O) groups is 1. The second-order valence-corrected chi connectivity index (χ2v) is 5.78. The number of hydrogen-bond acceptors (Lipinski definition) is 2. The van der Waals surface area contributed by atoms with Gasteiger partial charge >= 0.3 is 5.97 Å². The standard InChI is InChI=1S/C16H23NO2/c1-11-7-13(3)15(8-12(11)2)10-17-6-4-5-14(9-17)16(18)19/h7-8,14H,4-6,9-10H2,1-3H3,(H,18,19). The quantitative estimate of drug-likeness (QED) is 0.909. The van der Waals surface area contributed by atoms with Crippen LogP contribution in [0.5, 0.6) is 0 Å². The van der Waals surface area contributed by atoms with Crippen molar-refractivity contribution >= 4 is 5.97 Å². The molecule has 0 aromatic heterocycles. The summed E-state index contributed by atoms with van der Waals surface area (Å²) in [7, 11) is 0. The SMILES string of the molecule is Cc1cc(C)c(CN2CCCC(C(=O)O)C2)cc1C. The Morgan fingerprint density at radius 2 is 1.95 bits per heavy atom. The Kier molecular flexibility index (Phi) is 4.25. The first kappa shape index (κ1) is 14.1. The van der Waals surface area contributed by atoms with Crippen LogP contribution in [0, 0.1) is 26.7 Å². The Hall–Kier alpha value is -1.35. The van der Waals surface area contributed by atoms with E-state index < -0.39 is 5.97 Å². The van der Waals surface area contributed by atoms with Gasteiger partial charge in [0.1, 0.15) is 0 Å². The van der Waals surface area contributed by atoms with Gasteiger partial charge in [0.25, 0.3) is 0 Å². The summed E-state index contributed by atoms with van der Waals surface area (Å²) in [4.78, 5) is 13.4. The second-order valence-electron chi connectivity index (χ2n) is 5.78. The lowest BCUT2D eigenvalue weighted by molar-refractivity contribution is -0.143. The van der Waals surface area contributed by atoms with Crippen LogP contribution in [0.25, 0.3) is 0 Å². The summed E-state index contributed by atoms with van der Waals surface area (Å²) in [5.74, 6) is -0.845. The maximum Gasteiger partial charge on any atom is 0.307 e. The lowest BCUT2D eigenvalue weighted by atomic mass is 9.96. The molecule has 1 aromatic carbocycles. The lowest BCUT2D eigenvalue weighted by Crippen LogP contribution is -2.38. The normalized spacial score (nSPS) is 20.5. The van der Waals surface area contributed by atoms with Gasteiger partial charge in [-0.05, 0) is 62.4 Å². The molecule has 1 heterocycles. The third-order valence-corrected chi connectivity index (χ3v) is 4.20. The zero-order valence-electron chi connectivity index (χ0n) is 12.1. The van der Waals surface area contributed by atoms with Gasteiger partial charge in [0, 0.05) is 13.1 Å². The number of nitrogens with zero attached hydrogens (tertiary/aromatic N) is 1. The lowest BCUT2D eigenvalue weighted by Gasteiger charge is -2.31. The van der Waals surface area contributed by atoms with Gasteiger partial charge < -0.3 is 5.11 Å². The molecule has 3 nitrogen and oxygen atoms in total. The molecular weight excluding hydrogens is 238 g/mol. The number of hydrogen-bond donors (Lipinski definition) is 1. The molecule has 1 atom stereocenters. The van der Waals surface area contributed by atoms with E-state index in [2.05, 4.69) is 37.8 Å². The topological polar surface area (TPSA) is 40.5 Å². The summed E-state index contributed by atoms with van der Waals surface area (Å²) < 4.78 is 0. The Balaban J connectivity index is 2.08. The molecule has 2 rings (SSSR count). The van der Waals surface area contributed by atoms with E-state index >= 15 is 0 Å². The highest BCUT2D eigenvalue weighted by Gasteiger charge is 2.25. The molecule has 1 unspecified atom stereocenters. The molecule has 1 fully saturated rings. The molecule has 104 valence electrons. The van der Waals surface area contributed by atoms with Crippen LogP contribution in [0.4, 0.5) is 0 Å². The smallest absolute Gasteiger partial charge is 0.307 e. The Bertz CT molecular complexity index is 482. The fraction of sp³-hybridized carbons (Fsp3) is 0.562. The highest BCUT2D eigenvalue weighted by Crippen LogP contribution is 2.21. The van der Waals surface area contributed by atoms with E-state index in [0.29, 0.717) is 6.54 Å². The monoisotopic (exact) mass is 261 g/mol. The van der Waals surface area contributed by atoms with E-state index in [1.807, 2.05) is 0 Å². The van der Waals surface area contributed by atoms with E-state index in [1.165, 1.54) is 22.3 Å². The molecule has 3 heteroatoms. The van der Waals surface area contributed by atoms with Gasteiger partial charge in [-0.15, -0.1) is 0 Å². The van der Waals surface area contributed by atoms with Crippen LogP contribution in [0.2, 0.25) is 0 Å². The van der Waals surface area contributed by atoms with Crippen LogP contribution in [-0.4, -0.2) is 29.1 Å². The molecule has 19 heavy (non-hydrogen) atoms. The van der Waals surface area contributed by atoms with Gasteiger partial charge in [-0.25, -0.2) is 0 Å². The van der Waals surface area contributed by atoms with Crippen molar-refractivity contribution in [3.8, 4) is 0 Å². The van der Waals surface area contributed by atoms with Crippen molar-refractivity contribution in [2.45, 2.75) is 40.2 Å². The van der Waals surface area contributed by atoms with Gasteiger partial charge in [-0.3, -0.25) is 9.69 Å². The molecule has 0 radical (unpaired) electrons. The summed E-state index contributed by atoms with van der Waals surface area (Å²) in [5.41, 5.74) is 5.27. The molecule has 0 amide bonds. The molecule has 0 aliphatic carbocycles. The van der Waals surface area contributed by atoms with Crippen molar-refractivity contribution in [2.75, 3.05) is 13.1 Å². The molecule has 1 aliphatic rings. The highest BCUT2D eigenvalue weighted by molar-refractivity contribution is 5.70. The van der Waals surface area contributed by atoms with Crippen molar-refractivity contribution in [1.29, 1.82) is 0 Å². The maximum absolute atomic E-state index is 11.1. The summed E-state index contributed by atoms with van der Waals surface area (Å²) in [6.07, 6.45) is 1.80. The van der Waals surface area contributed by atoms with Crippen LogP contribution < -0.4 is 0 Å².